The molecule has 1 aromatic heterocycles. The third-order valence-corrected chi connectivity index (χ3v) is 4.43. The zero-order valence-corrected chi connectivity index (χ0v) is 11.2. The lowest BCUT2D eigenvalue weighted by Crippen LogP contribution is -2.44. The highest BCUT2D eigenvalue weighted by atomic mass is 32.1. The van der Waals surface area contributed by atoms with Gasteiger partial charge in [0.1, 0.15) is 0 Å². The van der Waals surface area contributed by atoms with Gasteiger partial charge in [-0.25, -0.2) is 4.98 Å². The summed E-state index contributed by atoms with van der Waals surface area (Å²) in [7, 11) is 0. The number of carbonyl (C=O) groups is 1. The Morgan fingerprint density at radius 2 is 2.29 bits per heavy atom. The van der Waals surface area contributed by atoms with Crippen LogP contribution in [0.15, 0.2) is 5.38 Å². The van der Waals surface area contributed by atoms with Crippen LogP contribution >= 0.6 is 11.3 Å². The molecule has 1 aliphatic heterocycles. The molecule has 0 aromatic carbocycles. The maximum Gasteiger partial charge on any atom is 0.232 e. The number of thiazole rings is 1. The van der Waals surface area contributed by atoms with E-state index in [2.05, 4.69) is 22.5 Å². The molecule has 0 aliphatic carbocycles. The van der Waals surface area contributed by atoms with Crippen molar-refractivity contribution in [1.29, 1.82) is 0 Å². The molecule has 1 saturated heterocycles. The molecular formula is C12H19N3OS. The quantitative estimate of drug-likeness (QED) is 0.868. The van der Waals surface area contributed by atoms with E-state index in [1.54, 1.807) is 0 Å². The molecule has 0 saturated carbocycles. The minimum absolute atomic E-state index is 0.135. The Balaban J connectivity index is 2.07. The van der Waals surface area contributed by atoms with E-state index in [9.17, 15) is 4.79 Å². The van der Waals surface area contributed by atoms with Gasteiger partial charge in [-0.3, -0.25) is 4.79 Å². The molecule has 0 spiro atoms. The normalized spacial score (nSPS) is 18.9. The van der Waals surface area contributed by atoms with Crippen LogP contribution in [0.2, 0.25) is 0 Å². The summed E-state index contributed by atoms with van der Waals surface area (Å²) in [6, 6.07) is 0. The lowest BCUT2D eigenvalue weighted by molar-refractivity contribution is -0.127. The van der Waals surface area contributed by atoms with Gasteiger partial charge in [-0.15, -0.1) is 11.3 Å². The van der Waals surface area contributed by atoms with E-state index in [-0.39, 0.29) is 11.3 Å². The number of aryl methyl sites for hydroxylation is 1. The Hall–Kier alpha value is -0.940. The molecule has 5 heteroatoms. The van der Waals surface area contributed by atoms with Gasteiger partial charge in [-0.05, 0) is 39.3 Å². The van der Waals surface area contributed by atoms with E-state index in [1.807, 2.05) is 12.3 Å². The lowest BCUT2D eigenvalue weighted by Gasteiger charge is -2.34. The predicted molar refractivity (Wildman–Crippen MR) is 70.3 cm³/mol. The lowest BCUT2D eigenvalue weighted by atomic mass is 9.76. The Bertz CT molecular complexity index is 396. The van der Waals surface area contributed by atoms with Crippen molar-refractivity contribution < 1.29 is 4.79 Å². The predicted octanol–water partition coefficient (Wildman–Crippen LogP) is 2.17. The second-order valence-corrected chi connectivity index (χ2v) is 5.49. The average Bonchev–Trinajstić information content (AvgIpc) is 2.75. The molecule has 1 aromatic rings. The number of hydrogen-bond donors (Lipinski definition) is 2. The van der Waals surface area contributed by atoms with Crippen molar-refractivity contribution in [2.24, 2.45) is 5.41 Å². The van der Waals surface area contributed by atoms with Crippen molar-refractivity contribution in [3.63, 3.8) is 0 Å². The minimum atomic E-state index is -0.204. The maximum absolute atomic E-state index is 12.4. The molecule has 2 heterocycles. The molecule has 94 valence electrons. The van der Waals surface area contributed by atoms with Crippen molar-refractivity contribution in [3.05, 3.63) is 11.1 Å². The molecule has 2 rings (SSSR count). The smallest absolute Gasteiger partial charge is 0.232 e. The van der Waals surface area contributed by atoms with Crippen LogP contribution in [0.1, 0.15) is 31.9 Å². The number of hydrogen-bond acceptors (Lipinski definition) is 4. The fourth-order valence-electron chi connectivity index (χ4n) is 2.29. The molecule has 17 heavy (non-hydrogen) atoms. The van der Waals surface area contributed by atoms with E-state index in [0.29, 0.717) is 0 Å². The van der Waals surface area contributed by atoms with Crippen LogP contribution in [0.25, 0.3) is 0 Å². The summed E-state index contributed by atoms with van der Waals surface area (Å²) in [4.78, 5) is 16.6. The van der Waals surface area contributed by atoms with Gasteiger partial charge in [-0.1, -0.05) is 6.92 Å². The molecule has 0 radical (unpaired) electrons. The highest BCUT2D eigenvalue weighted by molar-refractivity contribution is 7.13. The van der Waals surface area contributed by atoms with E-state index in [1.165, 1.54) is 11.3 Å². The number of piperidine rings is 1. The first-order valence-electron chi connectivity index (χ1n) is 6.10. The number of carbonyl (C=O) groups excluding carboxylic acids is 1. The van der Waals surface area contributed by atoms with Gasteiger partial charge in [0.25, 0.3) is 0 Å². The van der Waals surface area contributed by atoms with Crippen molar-refractivity contribution in [2.75, 3.05) is 18.4 Å². The average molecular weight is 253 g/mol. The van der Waals surface area contributed by atoms with Crippen molar-refractivity contribution in [3.8, 4) is 0 Å². The van der Waals surface area contributed by atoms with E-state index < -0.39 is 0 Å². The molecule has 0 unspecified atom stereocenters. The molecule has 1 aliphatic rings. The van der Waals surface area contributed by atoms with E-state index >= 15 is 0 Å². The van der Waals surface area contributed by atoms with Crippen LogP contribution < -0.4 is 10.6 Å². The molecule has 1 fully saturated rings. The minimum Gasteiger partial charge on any atom is -0.317 e. The number of anilines is 1. The number of rotatable bonds is 3. The first-order valence-corrected chi connectivity index (χ1v) is 6.98. The Morgan fingerprint density at radius 1 is 1.59 bits per heavy atom. The van der Waals surface area contributed by atoms with E-state index in [0.717, 1.165) is 43.2 Å². The first-order chi connectivity index (χ1) is 8.16. The van der Waals surface area contributed by atoms with Gasteiger partial charge in [0.15, 0.2) is 5.13 Å². The summed E-state index contributed by atoms with van der Waals surface area (Å²) < 4.78 is 0. The van der Waals surface area contributed by atoms with E-state index in [4.69, 9.17) is 0 Å². The van der Waals surface area contributed by atoms with Gasteiger partial charge in [0, 0.05) is 5.38 Å². The van der Waals surface area contributed by atoms with Crippen molar-refractivity contribution in [2.45, 2.75) is 33.1 Å². The van der Waals surface area contributed by atoms with Gasteiger partial charge in [-0.2, -0.15) is 0 Å². The largest absolute Gasteiger partial charge is 0.317 e. The first kappa shape index (κ1) is 12.5. The summed E-state index contributed by atoms with van der Waals surface area (Å²) in [5.41, 5.74) is 0.756. The molecule has 0 bridgehead atoms. The number of nitrogens with zero attached hydrogens (tertiary/aromatic N) is 1. The highest BCUT2D eigenvalue weighted by Gasteiger charge is 2.37. The summed E-state index contributed by atoms with van der Waals surface area (Å²) in [5, 5.41) is 8.94. The molecular weight excluding hydrogens is 234 g/mol. The molecule has 2 N–H and O–H groups in total. The second-order valence-electron chi connectivity index (χ2n) is 4.63. The van der Waals surface area contributed by atoms with Crippen LogP contribution in [-0.4, -0.2) is 24.0 Å². The summed E-state index contributed by atoms with van der Waals surface area (Å²) in [6.45, 7) is 5.89. The fraction of sp³-hybridized carbons (Fsp3) is 0.667. The topological polar surface area (TPSA) is 54.0 Å². The summed E-state index contributed by atoms with van der Waals surface area (Å²) >= 11 is 1.49. The van der Waals surface area contributed by atoms with Gasteiger partial charge >= 0.3 is 0 Å². The summed E-state index contributed by atoms with van der Waals surface area (Å²) in [5.74, 6) is 0.135. The molecule has 4 nitrogen and oxygen atoms in total. The zero-order chi connectivity index (χ0) is 12.3. The van der Waals surface area contributed by atoms with Crippen molar-refractivity contribution in [1.82, 2.24) is 10.3 Å². The standard InChI is InChI=1S/C12H19N3OS/c1-3-12(4-6-13-7-5-12)10(16)15-11-14-9(2)8-17-11/h8,13H,3-7H2,1-2H3,(H,14,15,16). The van der Waals surface area contributed by atoms with Crippen LogP contribution in [-0.2, 0) is 4.79 Å². The zero-order valence-electron chi connectivity index (χ0n) is 10.4. The maximum atomic E-state index is 12.4. The Kier molecular flexibility index (Phi) is 3.79. The van der Waals surface area contributed by atoms with Crippen LogP contribution in [0.5, 0.6) is 0 Å². The second kappa shape index (κ2) is 5.14. The van der Waals surface area contributed by atoms with Gasteiger partial charge < -0.3 is 10.6 Å². The number of aromatic nitrogens is 1. The SMILES string of the molecule is CCC1(C(=O)Nc2nc(C)cs2)CCNCC1. The summed E-state index contributed by atoms with van der Waals surface area (Å²) in [6.07, 6.45) is 2.73. The Labute approximate surface area is 106 Å². The highest BCUT2D eigenvalue weighted by Crippen LogP contribution is 2.34. The third kappa shape index (κ3) is 2.66. The van der Waals surface area contributed by atoms with Crippen LogP contribution in [0.4, 0.5) is 5.13 Å². The third-order valence-electron chi connectivity index (χ3n) is 3.56. The van der Waals surface area contributed by atoms with Gasteiger partial charge in [0.2, 0.25) is 5.91 Å². The van der Waals surface area contributed by atoms with Crippen LogP contribution in [0.3, 0.4) is 0 Å². The number of nitrogens with one attached hydrogen (secondary N) is 2. The Morgan fingerprint density at radius 3 is 2.82 bits per heavy atom. The van der Waals surface area contributed by atoms with Crippen molar-refractivity contribution >= 4 is 22.4 Å². The fourth-order valence-corrected chi connectivity index (χ4v) is 2.97. The van der Waals surface area contributed by atoms with Gasteiger partial charge in [0.05, 0.1) is 11.1 Å². The van der Waals surface area contributed by atoms with Crippen LogP contribution in [0, 0.1) is 12.3 Å². The number of amides is 1. The monoisotopic (exact) mass is 253 g/mol. The molecule has 0 atom stereocenters. The molecule has 1 amide bonds.